The monoisotopic (exact) mass is 323 g/mol. The molecule has 0 heterocycles. The van der Waals surface area contributed by atoms with Crippen molar-refractivity contribution < 1.29 is 9.29 Å². The molecule has 4 heteroatoms. The minimum Gasteiger partial charge on any atom is -0.597 e. The van der Waals surface area contributed by atoms with Crippen molar-refractivity contribution in [1.82, 2.24) is 4.31 Å². The van der Waals surface area contributed by atoms with E-state index in [0.29, 0.717) is 12.0 Å². The number of nitrogens with zero attached hydrogens (tertiary/aromatic N) is 1. The van der Waals surface area contributed by atoms with Crippen molar-refractivity contribution in [3.63, 3.8) is 0 Å². The Morgan fingerprint density at radius 1 is 1.27 bits per heavy atom. The highest BCUT2D eigenvalue weighted by Gasteiger charge is 2.40. The summed E-state index contributed by atoms with van der Waals surface area (Å²) in [5, 5.41) is 0. The predicted octanol–water partition coefficient (Wildman–Crippen LogP) is 4.15. The Morgan fingerprint density at radius 3 is 2.27 bits per heavy atom. The lowest BCUT2D eigenvalue weighted by atomic mass is 9.80. The van der Waals surface area contributed by atoms with Gasteiger partial charge in [-0.25, -0.2) is 0 Å². The Kier molecular flexibility index (Phi) is 5.81. The van der Waals surface area contributed by atoms with Crippen LogP contribution in [-0.2, 0) is 17.9 Å². The number of hydrogen-bond acceptors (Lipinski definition) is 3. The van der Waals surface area contributed by atoms with Gasteiger partial charge in [-0.15, -0.1) is 4.31 Å². The number of rotatable bonds is 6. The van der Waals surface area contributed by atoms with E-state index < -0.39 is 11.4 Å². The van der Waals surface area contributed by atoms with Gasteiger partial charge in [-0.05, 0) is 64.2 Å². The second kappa shape index (κ2) is 7.24. The number of ether oxygens (including phenoxy) is 1. The quantitative estimate of drug-likeness (QED) is 0.738. The average Bonchev–Trinajstić information content (AvgIpc) is 2.41. The first-order valence-corrected chi connectivity index (χ1v) is 9.25. The smallest absolute Gasteiger partial charge is 0.137 e. The fourth-order valence-corrected chi connectivity index (χ4v) is 4.22. The molecule has 0 radical (unpaired) electrons. The molecule has 1 saturated carbocycles. The molecule has 1 unspecified atom stereocenters. The molecular formula is C18H29NO2S. The highest BCUT2D eigenvalue weighted by atomic mass is 32.2. The largest absolute Gasteiger partial charge is 0.597 e. The van der Waals surface area contributed by atoms with Crippen molar-refractivity contribution in [3.8, 4) is 5.75 Å². The summed E-state index contributed by atoms with van der Waals surface area (Å²) in [6.45, 7) is 9.12. The van der Waals surface area contributed by atoms with Gasteiger partial charge < -0.3 is 9.29 Å². The summed E-state index contributed by atoms with van der Waals surface area (Å²) in [6, 6.07) is 8.44. The SMILES string of the molecule is COc1ccc(CN([C@@H](C)C2CCC2)[S+]([O-])C(C)(C)C)cc1. The van der Waals surface area contributed by atoms with E-state index in [1.807, 2.05) is 12.1 Å². The zero-order chi connectivity index (χ0) is 16.3. The molecule has 1 fully saturated rings. The summed E-state index contributed by atoms with van der Waals surface area (Å²) in [5.74, 6) is 1.55. The van der Waals surface area contributed by atoms with E-state index in [1.165, 1.54) is 24.8 Å². The van der Waals surface area contributed by atoms with Crippen LogP contribution in [0.3, 0.4) is 0 Å². The second-order valence-electron chi connectivity index (χ2n) is 7.22. The molecule has 1 aromatic carbocycles. The maximum Gasteiger partial charge on any atom is 0.137 e. The summed E-state index contributed by atoms with van der Waals surface area (Å²) < 4.78 is 20.2. The van der Waals surface area contributed by atoms with Gasteiger partial charge in [0.2, 0.25) is 0 Å². The van der Waals surface area contributed by atoms with Crippen LogP contribution in [-0.4, -0.2) is 26.8 Å². The van der Waals surface area contributed by atoms with Crippen LogP contribution in [0, 0.1) is 5.92 Å². The van der Waals surface area contributed by atoms with Crippen molar-refractivity contribution in [2.45, 2.75) is 64.3 Å². The molecule has 3 nitrogen and oxygen atoms in total. The van der Waals surface area contributed by atoms with Gasteiger partial charge in [0.1, 0.15) is 10.5 Å². The average molecular weight is 324 g/mol. The van der Waals surface area contributed by atoms with Crippen LogP contribution < -0.4 is 4.74 Å². The van der Waals surface area contributed by atoms with Gasteiger partial charge in [-0.3, -0.25) is 0 Å². The first-order valence-electron chi connectivity index (χ1n) is 8.14. The van der Waals surface area contributed by atoms with Gasteiger partial charge in [0.05, 0.1) is 19.7 Å². The van der Waals surface area contributed by atoms with Gasteiger partial charge >= 0.3 is 0 Å². The van der Waals surface area contributed by atoms with Crippen LogP contribution in [0.25, 0.3) is 0 Å². The van der Waals surface area contributed by atoms with Gasteiger partial charge in [0, 0.05) is 11.4 Å². The van der Waals surface area contributed by atoms with E-state index in [1.54, 1.807) is 7.11 Å². The van der Waals surface area contributed by atoms with Crippen molar-refractivity contribution in [3.05, 3.63) is 29.8 Å². The molecule has 0 amide bonds. The molecule has 124 valence electrons. The summed E-state index contributed by atoms with van der Waals surface area (Å²) in [6.07, 6.45) is 3.84. The third-order valence-corrected chi connectivity index (χ3v) is 6.46. The Hall–Kier alpha value is -0.710. The third-order valence-electron chi connectivity index (χ3n) is 4.52. The topological polar surface area (TPSA) is 35.5 Å². The fraction of sp³-hybridized carbons (Fsp3) is 0.667. The Balaban J connectivity index is 2.15. The normalized spacial score (nSPS) is 18.9. The fourth-order valence-electron chi connectivity index (χ4n) is 2.77. The van der Waals surface area contributed by atoms with Crippen LogP contribution in [0.4, 0.5) is 0 Å². The minimum atomic E-state index is -0.999. The minimum absolute atomic E-state index is 0.232. The van der Waals surface area contributed by atoms with Crippen molar-refractivity contribution in [2.75, 3.05) is 7.11 Å². The number of benzene rings is 1. The molecule has 22 heavy (non-hydrogen) atoms. The van der Waals surface area contributed by atoms with E-state index in [-0.39, 0.29) is 4.75 Å². The molecule has 0 aliphatic heterocycles. The summed E-state index contributed by atoms with van der Waals surface area (Å²) >= 11 is -0.999. The standard InChI is InChI=1S/C18H29NO2S/c1-14(16-7-6-8-16)19(22(20)18(2,3)4)13-15-9-11-17(21-5)12-10-15/h9-12,14,16H,6-8,13H2,1-5H3/t14-,22?/m0/s1. The molecule has 1 aliphatic rings. The molecule has 0 N–H and O–H groups in total. The zero-order valence-electron chi connectivity index (χ0n) is 14.5. The lowest BCUT2D eigenvalue weighted by molar-refractivity contribution is 0.168. The van der Waals surface area contributed by atoms with E-state index in [9.17, 15) is 4.55 Å². The Bertz CT molecular complexity index is 465. The maximum atomic E-state index is 13.0. The Labute approximate surface area is 138 Å². The van der Waals surface area contributed by atoms with Gasteiger partial charge in [0.25, 0.3) is 0 Å². The summed E-state index contributed by atoms with van der Waals surface area (Å²) in [5.41, 5.74) is 1.18. The summed E-state index contributed by atoms with van der Waals surface area (Å²) in [7, 11) is 1.68. The van der Waals surface area contributed by atoms with Crippen LogP contribution in [0.1, 0.15) is 52.5 Å². The van der Waals surface area contributed by atoms with Crippen LogP contribution in [0.5, 0.6) is 5.75 Å². The highest BCUT2D eigenvalue weighted by Crippen LogP contribution is 2.36. The maximum absolute atomic E-state index is 13.0. The number of methoxy groups -OCH3 is 1. The third kappa shape index (κ3) is 4.18. The molecule has 0 aromatic heterocycles. The Morgan fingerprint density at radius 2 is 1.86 bits per heavy atom. The van der Waals surface area contributed by atoms with Gasteiger partial charge in [0.15, 0.2) is 0 Å². The molecule has 0 saturated heterocycles. The molecule has 1 aromatic rings. The van der Waals surface area contributed by atoms with Crippen molar-refractivity contribution >= 4 is 11.4 Å². The first-order chi connectivity index (χ1) is 10.3. The van der Waals surface area contributed by atoms with E-state index in [4.69, 9.17) is 4.74 Å². The highest BCUT2D eigenvalue weighted by molar-refractivity contribution is 7.90. The lowest BCUT2D eigenvalue weighted by Gasteiger charge is -2.41. The van der Waals surface area contributed by atoms with Gasteiger partial charge in [-0.2, -0.15) is 0 Å². The van der Waals surface area contributed by atoms with Crippen LogP contribution in [0.15, 0.2) is 24.3 Å². The molecular weight excluding hydrogens is 294 g/mol. The van der Waals surface area contributed by atoms with E-state index in [0.717, 1.165) is 12.3 Å². The second-order valence-corrected chi connectivity index (χ2v) is 9.41. The van der Waals surface area contributed by atoms with E-state index >= 15 is 0 Å². The van der Waals surface area contributed by atoms with Crippen LogP contribution >= 0.6 is 0 Å². The molecule has 0 spiro atoms. The zero-order valence-corrected chi connectivity index (χ0v) is 15.3. The van der Waals surface area contributed by atoms with Crippen LogP contribution in [0.2, 0.25) is 0 Å². The molecule has 2 rings (SSSR count). The van der Waals surface area contributed by atoms with Crippen molar-refractivity contribution in [2.24, 2.45) is 5.92 Å². The molecule has 1 aliphatic carbocycles. The van der Waals surface area contributed by atoms with Gasteiger partial charge in [-0.1, -0.05) is 18.6 Å². The molecule has 0 bridgehead atoms. The number of hydrogen-bond donors (Lipinski definition) is 0. The predicted molar refractivity (Wildman–Crippen MR) is 93.2 cm³/mol. The van der Waals surface area contributed by atoms with Crippen molar-refractivity contribution in [1.29, 1.82) is 0 Å². The lowest BCUT2D eigenvalue weighted by Crippen LogP contribution is -2.50. The molecule has 2 atom stereocenters. The first kappa shape index (κ1) is 17.6. The summed E-state index contributed by atoms with van der Waals surface area (Å²) in [4.78, 5) is 0. The van der Waals surface area contributed by atoms with E-state index in [2.05, 4.69) is 44.1 Å².